The summed E-state index contributed by atoms with van der Waals surface area (Å²) in [4.78, 5) is 2.69. The maximum atomic E-state index is 11.7. The number of aromatic amines is 1. The Kier molecular flexibility index (Phi) is 3.08. The summed E-state index contributed by atoms with van der Waals surface area (Å²) in [5, 5.41) is 3.43. The highest BCUT2D eigenvalue weighted by atomic mass is 32.2. The molecule has 1 aliphatic rings. The second-order valence-electron chi connectivity index (χ2n) is 3.75. The molecule has 1 unspecified atom stereocenters. The molecule has 0 spiro atoms. The molecule has 15 heavy (non-hydrogen) atoms. The number of H-pyrrole nitrogens is 1. The number of sulfonamides is 1. The molecule has 6 heteroatoms. The minimum absolute atomic E-state index is 0.230. The summed E-state index contributed by atoms with van der Waals surface area (Å²) in [5.74, 6) is 0.412. The highest BCUT2D eigenvalue weighted by molar-refractivity contribution is 7.89. The molecule has 1 aromatic heterocycles. The lowest BCUT2D eigenvalue weighted by Gasteiger charge is -2.09. The van der Waals surface area contributed by atoms with Crippen LogP contribution < -0.4 is 10.0 Å². The van der Waals surface area contributed by atoms with E-state index < -0.39 is 10.0 Å². The Labute approximate surface area is 89.3 Å². The van der Waals surface area contributed by atoms with Crippen LogP contribution in [-0.2, 0) is 10.0 Å². The average molecular weight is 229 g/mol. The zero-order valence-electron chi connectivity index (χ0n) is 8.36. The number of rotatable bonds is 4. The van der Waals surface area contributed by atoms with Gasteiger partial charge in [-0.15, -0.1) is 0 Å². The van der Waals surface area contributed by atoms with E-state index in [1.165, 1.54) is 0 Å². The van der Waals surface area contributed by atoms with Gasteiger partial charge >= 0.3 is 0 Å². The second-order valence-corrected chi connectivity index (χ2v) is 5.48. The summed E-state index contributed by atoms with van der Waals surface area (Å²) >= 11 is 0. The van der Waals surface area contributed by atoms with Crippen LogP contribution in [0.2, 0.25) is 0 Å². The van der Waals surface area contributed by atoms with Gasteiger partial charge in [-0.1, -0.05) is 0 Å². The summed E-state index contributed by atoms with van der Waals surface area (Å²) < 4.78 is 26.0. The van der Waals surface area contributed by atoms with Crippen molar-refractivity contribution in [2.24, 2.45) is 5.92 Å². The normalized spacial score (nSPS) is 22.0. The molecule has 84 valence electrons. The molecule has 2 heterocycles. The maximum Gasteiger partial charge on any atom is 0.255 e. The summed E-state index contributed by atoms with van der Waals surface area (Å²) in [6, 6.07) is 3.22. The lowest BCUT2D eigenvalue weighted by Crippen LogP contribution is -2.30. The van der Waals surface area contributed by atoms with E-state index in [9.17, 15) is 8.42 Å². The van der Waals surface area contributed by atoms with E-state index in [0.29, 0.717) is 12.5 Å². The van der Waals surface area contributed by atoms with Crippen molar-refractivity contribution >= 4 is 10.0 Å². The Morgan fingerprint density at radius 3 is 3.00 bits per heavy atom. The van der Waals surface area contributed by atoms with Crippen LogP contribution in [-0.4, -0.2) is 33.0 Å². The van der Waals surface area contributed by atoms with Crippen molar-refractivity contribution in [2.45, 2.75) is 11.4 Å². The van der Waals surface area contributed by atoms with Gasteiger partial charge in [0, 0.05) is 12.7 Å². The topological polar surface area (TPSA) is 74.0 Å². The smallest absolute Gasteiger partial charge is 0.255 e. The van der Waals surface area contributed by atoms with E-state index in [1.807, 2.05) is 0 Å². The molecular formula is C9H15N3O2S. The monoisotopic (exact) mass is 229 g/mol. The molecule has 1 saturated heterocycles. The summed E-state index contributed by atoms with van der Waals surface area (Å²) in [6.45, 7) is 2.39. The molecule has 3 N–H and O–H groups in total. The van der Waals surface area contributed by atoms with Gasteiger partial charge in [0.15, 0.2) is 0 Å². The molecule has 0 aromatic carbocycles. The maximum absolute atomic E-state index is 11.7. The molecule has 0 radical (unpaired) electrons. The van der Waals surface area contributed by atoms with Crippen molar-refractivity contribution in [3.05, 3.63) is 18.3 Å². The van der Waals surface area contributed by atoms with Crippen molar-refractivity contribution in [3.63, 3.8) is 0 Å². The Hall–Kier alpha value is -0.850. The molecule has 0 saturated carbocycles. The van der Waals surface area contributed by atoms with Crippen LogP contribution in [0.5, 0.6) is 0 Å². The third kappa shape index (κ3) is 2.58. The Bertz CT molecular complexity index is 393. The SMILES string of the molecule is O=S(=O)(NCC1CCNC1)c1ccc[nH]1. The van der Waals surface area contributed by atoms with Gasteiger partial charge in [-0.25, -0.2) is 13.1 Å². The van der Waals surface area contributed by atoms with Crippen LogP contribution in [0.4, 0.5) is 0 Å². The van der Waals surface area contributed by atoms with Crippen LogP contribution in [0.15, 0.2) is 23.4 Å². The van der Waals surface area contributed by atoms with Crippen LogP contribution in [0.1, 0.15) is 6.42 Å². The summed E-state index contributed by atoms with van der Waals surface area (Å²) in [5.41, 5.74) is 0. The Morgan fingerprint density at radius 1 is 1.53 bits per heavy atom. The second kappa shape index (κ2) is 4.34. The standard InChI is InChI=1S/C9H15N3O2S/c13-15(14,9-2-1-4-11-9)12-7-8-3-5-10-6-8/h1-2,4,8,10-12H,3,5-7H2. The zero-order chi connectivity index (χ0) is 10.7. The number of nitrogens with one attached hydrogen (secondary N) is 3. The van der Waals surface area contributed by atoms with Crippen molar-refractivity contribution in [2.75, 3.05) is 19.6 Å². The van der Waals surface area contributed by atoms with Crippen molar-refractivity contribution in [3.8, 4) is 0 Å². The van der Waals surface area contributed by atoms with Crippen LogP contribution in [0.3, 0.4) is 0 Å². The molecule has 0 aliphatic carbocycles. The summed E-state index contributed by atoms with van der Waals surface area (Å²) in [6.07, 6.45) is 2.64. The summed E-state index contributed by atoms with van der Waals surface area (Å²) in [7, 11) is -3.34. The van der Waals surface area contributed by atoms with Gasteiger partial charge in [0.2, 0.25) is 0 Å². The number of aromatic nitrogens is 1. The van der Waals surface area contributed by atoms with E-state index in [0.717, 1.165) is 19.5 Å². The first kappa shape index (κ1) is 10.7. The third-order valence-corrected chi connectivity index (χ3v) is 3.96. The molecule has 1 aliphatic heterocycles. The van der Waals surface area contributed by atoms with Crippen molar-refractivity contribution in [1.29, 1.82) is 0 Å². The number of hydrogen-bond donors (Lipinski definition) is 3. The van der Waals surface area contributed by atoms with Gasteiger partial charge < -0.3 is 10.3 Å². The van der Waals surface area contributed by atoms with Gasteiger partial charge in [0.25, 0.3) is 10.0 Å². The molecule has 5 nitrogen and oxygen atoms in total. The van der Waals surface area contributed by atoms with Crippen LogP contribution >= 0.6 is 0 Å². The lowest BCUT2D eigenvalue weighted by atomic mass is 10.1. The predicted molar refractivity (Wildman–Crippen MR) is 57.0 cm³/mol. The molecule has 1 aromatic rings. The van der Waals surface area contributed by atoms with Gasteiger partial charge in [-0.2, -0.15) is 0 Å². The van der Waals surface area contributed by atoms with Gasteiger partial charge in [0.1, 0.15) is 5.03 Å². The first-order chi connectivity index (χ1) is 7.18. The highest BCUT2D eigenvalue weighted by Crippen LogP contribution is 2.08. The predicted octanol–water partition coefficient (Wildman–Crippen LogP) is -0.0975. The minimum atomic E-state index is -3.34. The van der Waals surface area contributed by atoms with Gasteiger partial charge in [0.05, 0.1) is 0 Å². The molecule has 0 bridgehead atoms. The van der Waals surface area contributed by atoms with E-state index >= 15 is 0 Å². The fourth-order valence-corrected chi connectivity index (χ4v) is 2.77. The first-order valence-electron chi connectivity index (χ1n) is 5.02. The fourth-order valence-electron chi connectivity index (χ4n) is 1.67. The molecule has 0 amide bonds. The molecule has 1 fully saturated rings. The quantitative estimate of drug-likeness (QED) is 0.675. The van der Waals surface area contributed by atoms with E-state index in [2.05, 4.69) is 15.0 Å². The largest absolute Gasteiger partial charge is 0.351 e. The van der Waals surface area contributed by atoms with Gasteiger partial charge in [-0.3, -0.25) is 0 Å². The van der Waals surface area contributed by atoms with E-state index in [1.54, 1.807) is 18.3 Å². The van der Waals surface area contributed by atoms with Crippen LogP contribution in [0.25, 0.3) is 0 Å². The average Bonchev–Trinajstić information content (AvgIpc) is 2.88. The highest BCUT2D eigenvalue weighted by Gasteiger charge is 2.19. The molecule has 1 atom stereocenters. The van der Waals surface area contributed by atoms with Crippen molar-refractivity contribution < 1.29 is 8.42 Å². The first-order valence-corrected chi connectivity index (χ1v) is 6.50. The molecular weight excluding hydrogens is 214 g/mol. The van der Waals surface area contributed by atoms with E-state index in [4.69, 9.17) is 0 Å². The zero-order valence-corrected chi connectivity index (χ0v) is 9.18. The van der Waals surface area contributed by atoms with Crippen LogP contribution in [0, 0.1) is 5.92 Å². The Balaban J connectivity index is 1.93. The van der Waals surface area contributed by atoms with Crippen molar-refractivity contribution in [1.82, 2.24) is 15.0 Å². The number of hydrogen-bond acceptors (Lipinski definition) is 3. The minimum Gasteiger partial charge on any atom is -0.351 e. The lowest BCUT2D eigenvalue weighted by molar-refractivity contribution is 0.537. The fraction of sp³-hybridized carbons (Fsp3) is 0.556. The van der Waals surface area contributed by atoms with E-state index in [-0.39, 0.29) is 5.03 Å². The Morgan fingerprint density at radius 2 is 2.40 bits per heavy atom. The van der Waals surface area contributed by atoms with Gasteiger partial charge in [-0.05, 0) is 37.6 Å². The molecule has 2 rings (SSSR count). The third-order valence-electron chi connectivity index (χ3n) is 2.58.